The number of benzene rings is 2. The zero-order chi connectivity index (χ0) is 14.8. The zero-order valence-corrected chi connectivity index (χ0v) is 12.8. The Labute approximate surface area is 128 Å². The molecule has 0 aliphatic rings. The van der Waals surface area contributed by atoms with E-state index in [4.69, 9.17) is 4.74 Å². The Morgan fingerprint density at radius 3 is 2.48 bits per heavy atom. The Morgan fingerprint density at radius 1 is 0.857 bits per heavy atom. The molecule has 0 amide bonds. The number of unbranched alkanes of at least 4 members (excludes halogenated alkanes) is 3. The van der Waals surface area contributed by atoms with Crippen LogP contribution in [0.5, 0.6) is 11.5 Å². The van der Waals surface area contributed by atoms with Crippen LogP contribution in [0.2, 0.25) is 0 Å². The average molecular weight is 283 g/mol. The van der Waals surface area contributed by atoms with E-state index in [0.29, 0.717) is 0 Å². The number of rotatable bonds is 9. The molecule has 112 valence electrons. The lowest BCUT2D eigenvalue weighted by molar-refractivity contribution is 0.481. The number of hydrogen-bond acceptors (Lipinski definition) is 2. The lowest BCUT2D eigenvalue weighted by atomic mass is 10.2. The van der Waals surface area contributed by atoms with Gasteiger partial charge < -0.3 is 10.1 Å². The summed E-state index contributed by atoms with van der Waals surface area (Å²) in [5.41, 5.74) is 1.26. The fourth-order valence-electron chi connectivity index (χ4n) is 2.25. The maximum absolute atomic E-state index is 5.85. The fourth-order valence-corrected chi connectivity index (χ4v) is 2.25. The van der Waals surface area contributed by atoms with Gasteiger partial charge in [-0.15, -0.1) is 0 Å². The van der Waals surface area contributed by atoms with E-state index in [9.17, 15) is 0 Å². The van der Waals surface area contributed by atoms with Crippen molar-refractivity contribution < 1.29 is 4.74 Å². The predicted molar refractivity (Wildman–Crippen MR) is 88.8 cm³/mol. The smallest absolute Gasteiger partial charge is 0.127 e. The normalized spacial score (nSPS) is 10.5. The molecule has 0 radical (unpaired) electrons. The molecule has 0 unspecified atom stereocenters. The third-order valence-corrected chi connectivity index (χ3v) is 3.41. The van der Waals surface area contributed by atoms with Crippen LogP contribution >= 0.6 is 0 Å². The average Bonchev–Trinajstić information content (AvgIpc) is 2.52. The highest BCUT2D eigenvalue weighted by molar-refractivity contribution is 5.33. The van der Waals surface area contributed by atoms with E-state index >= 15 is 0 Å². The molecule has 2 aromatic rings. The lowest BCUT2D eigenvalue weighted by Gasteiger charge is -2.08. The Hall–Kier alpha value is -1.80. The van der Waals surface area contributed by atoms with Crippen molar-refractivity contribution in [3.63, 3.8) is 0 Å². The van der Waals surface area contributed by atoms with Crippen molar-refractivity contribution in [2.24, 2.45) is 0 Å². The summed E-state index contributed by atoms with van der Waals surface area (Å²) in [5.74, 6) is 1.77. The molecule has 2 heteroatoms. The van der Waals surface area contributed by atoms with Crippen molar-refractivity contribution in [1.29, 1.82) is 0 Å². The van der Waals surface area contributed by atoms with Crippen LogP contribution in [-0.2, 0) is 6.54 Å². The minimum atomic E-state index is 0.877. The summed E-state index contributed by atoms with van der Waals surface area (Å²) in [6, 6.07) is 18.2. The minimum absolute atomic E-state index is 0.877. The van der Waals surface area contributed by atoms with E-state index in [1.807, 2.05) is 42.5 Å². The first-order valence-electron chi connectivity index (χ1n) is 7.91. The minimum Gasteiger partial charge on any atom is -0.457 e. The van der Waals surface area contributed by atoms with Gasteiger partial charge in [0.25, 0.3) is 0 Å². The van der Waals surface area contributed by atoms with Crippen molar-refractivity contribution in [1.82, 2.24) is 5.32 Å². The van der Waals surface area contributed by atoms with Crippen LogP contribution in [-0.4, -0.2) is 6.54 Å². The van der Waals surface area contributed by atoms with Crippen LogP contribution in [0.25, 0.3) is 0 Å². The van der Waals surface area contributed by atoms with Gasteiger partial charge in [-0.25, -0.2) is 0 Å². The first kappa shape index (κ1) is 15.6. The maximum atomic E-state index is 5.85. The largest absolute Gasteiger partial charge is 0.457 e. The molecule has 0 aromatic heterocycles. The molecule has 21 heavy (non-hydrogen) atoms. The highest BCUT2D eigenvalue weighted by Crippen LogP contribution is 2.21. The number of ether oxygens (including phenoxy) is 1. The Kier molecular flexibility index (Phi) is 6.82. The molecule has 0 saturated carbocycles. The first-order valence-corrected chi connectivity index (χ1v) is 7.91. The van der Waals surface area contributed by atoms with E-state index < -0.39 is 0 Å². The van der Waals surface area contributed by atoms with Crippen LogP contribution in [0.4, 0.5) is 0 Å². The highest BCUT2D eigenvalue weighted by atomic mass is 16.5. The SMILES string of the molecule is CCCCCCNCc1cccc(Oc2ccccc2)c1. The summed E-state index contributed by atoms with van der Waals surface area (Å²) < 4.78 is 5.85. The molecule has 1 N–H and O–H groups in total. The van der Waals surface area contributed by atoms with E-state index in [0.717, 1.165) is 24.6 Å². The van der Waals surface area contributed by atoms with Crippen LogP contribution in [0.1, 0.15) is 38.2 Å². The quantitative estimate of drug-likeness (QED) is 0.643. The number of hydrogen-bond donors (Lipinski definition) is 1. The van der Waals surface area contributed by atoms with Gasteiger partial charge >= 0.3 is 0 Å². The van der Waals surface area contributed by atoms with Gasteiger partial charge in [0.2, 0.25) is 0 Å². The van der Waals surface area contributed by atoms with Crippen molar-refractivity contribution >= 4 is 0 Å². The molecule has 0 heterocycles. The van der Waals surface area contributed by atoms with Gasteiger partial charge in [0.1, 0.15) is 11.5 Å². The second-order valence-corrected chi connectivity index (χ2v) is 5.30. The van der Waals surface area contributed by atoms with Gasteiger partial charge in [-0.05, 0) is 42.8 Å². The fraction of sp³-hybridized carbons (Fsp3) is 0.368. The summed E-state index contributed by atoms with van der Waals surface area (Å²) in [6.07, 6.45) is 5.20. The third-order valence-electron chi connectivity index (χ3n) is 3.41. The summed E-state index contributed by atoms with van der Waals surface area (Å²) >= 11 is 0. The van der Waals surface area contributed by atoms with Crippen LogP contribution in [0.15, 0.2) is 54.6 Å². The molecule has 0 aliphatic carbocycles. The standard InChI is InChI=1S/C19H25NO/c1-2-3-4-8-14-20-16-17-10-9-13-19(15-17)21-18-11-6-5-7-12-18/h5-7,9-13,15,20H,2-4,8,14,16H2,1H3. The van der Waals surface area contributed by atoms with E-state index in [1.54, 1.807) is 0 Å². The second-order valence-electron chi connectivity index (χ2n) is 5.30. The summed E-state index contributed by atoms with van der Waals surface area (Å²) in [6.45, 7) is 4.23. The monoisotopic (exact) mass is 283 g/mol. The zero-order valence-electron chi connectivity index (χ0n) is 12.8. The van der Waals surface area contributed by atoms with Crippen molar-refractivity contribution in [3.05, 3.63) is 60.2 Å². The summed E-state index contributed by atoms with van der Waals surface area (Å²) in [4.78, 5) is 0. The van der Waals surface area contributed by atoms with Crippen LogP contribution in [0.3, 0.4) is 0 Å². The molecule has 0 saturated heterocycles. The van der Waals surface area contributed by atoms with E-state index in [2.05, 4.69) is 24.4 Å². The molecular formula is C19H25NO. The van der Waals surface area contributed by atoms with Gasteiger partial charge in [0.05, 0.1) is 0 Å². The molecule has 0 spiro atoms. The van der Waals surface area contributed by atoms with Crippen LogP contribution in [0, 0.1) is 0 Å². The second kappa shape index (κ2) is 9.19. The summed E-state index contributed by atoms with van der Waals surface area (Å²) in [5, 5.41) is 3.50. The number of nitrogens with one attached hydrogen (secondary N) is 1. The molecule has 0 aliphatic heterocycles. The van der Waals surface area contributed by atoms with Crippen molar-refractivity contribution in [2.75, 3.05) is 6.54 Å². The molecule has 0 fully saturated rings. The van der Waals surface area contributed by atoms with E-state index in [-0.39, 0.29) is 0 Å². The lowest BCUT2D eigenvalue weighted by Crippen LogP contribution is -2.14. The molecule has 0 bridgehead atoms. The maximum Gasteiger partial charge on any atom is 0.127 e. The molecule has 0 atom stereocenters. The third kappa shape index (κ3) is 6.01. The van der Waals surface area contributed by atoms with Gasteiger partial charge in [0, 0.05) is 6.54 Å². The molecule has 2 nitrogen and oxygen atoms in total. The molecular weight excluding hydrogens is 258 g/mol. The first-order chi connectivity index (χ1) is 10.4. The van der Waals surface area contributed by atoms with Gasteiger partial charge in [-0.1, -0.05) is 56.5 Å². The Bertz CT molecular complexity index is 510. The number of para-hydroxylation sites is 1. The summed E-state index contributed by atoms with van der Waals surface area (Å²) in [7, 11) is 0. The highest BCUT2D eigenvalue weighted by Gasteiger charge is 1.99. The van der Waals surface area contributed by atoms with Gasteiger partial charge in [0.15, 0.2) is 0 Å². The Balaban J connectivity index is 1.78. The predicted octanol–water partition coefficient (Wildman–Crippen LogP) is 5.15. The Morgan fingerprint density at radius 2 is 1.67 bits per heavy atom. The molecule has 2 rings (SSSR count). The van der Waals surface area contributed by atoms with Crippen molar-refractivity contribution in [2.45, 2.75) is 39.2 Å². The topological polar surface area (TPSA) is 21.3 Å². The van der Waals surface area contributed by atoms with E-state index in [1.165, 1.54) is 31.2 Å². The molecule has 2 aromatic carbocycles. The van der Waals surface area contributed by atoms with Gasteiger partial charge in [-0.2, -0.15) is 0 Å². The van der Waals surface area contributed by atoms with Crippen molar-refractivity contribution in [3.8, 4) is 11.5 Å². The van der Waals surface area contributed by atoms with Gasteiger partial charge in [-0.3, -0.25) is 0 Å². The van der Waals surface area contributed by atoms with Crippen LogP contribution < -0.4 is 10.1 Å².